The maximum Gasteiger partial charge on any atom is 0.425 e. The quantitative estimate of drug-likeness (QED) is 0.595. The lowest BCUT2D eigenvalue weighted by Crippen LogP contribution is -2.34. The van der Waals surface area contributed by atoms with Gasteiger partial charge in [-0.25, -0.2) is 4.79 Å². The van der Waals surface area contributed by atoms with Crippen LogP contribution in [0.25, 0.3) is 6.08 Å². The largest absolute Gasteiger partial charge is 0.449 e. The molecule has 0 spiro atoms. The fraction of sp³-hybridized carbons (Fsp3) is 0.357. The first-order valence-corrected chi connectivity index (χ1v) is 5.93. The Morgan fingerprint density at radius 1 is 1.30 bits per heavy atom. The van der Waals surface area contributed by atoms with Crippen LogP contribution in [0, 0.1) is 0 Å². The smallest absolute Gasteiger partial charge is 0.425 e. The average molecular weight is 288 g/mol. The highest BCUT2D eigenvalue weighted by Gasteiger charge is 2.42. The van der Waals surface area contributed by atoms with Gasteiger partial charge in [0.1, 0.15) is 0 Å². The lowest BCUT2D eigenvalue weighted by Gasteiger charge is -2.19. The highest BCUT2D eigenvalue weighted by atomic mass is 19.4. The first kappa shape index (κ1) is 16.2. The summed E-state index contributed by atoms with van der Waals surface area (Å²) in [6, 6.07) is 8.73. The van der Waals surface area contributed by atoms with E-state index in [-0.39, 0.29) is 6.61 Å². The highest BCUT2D eigenvalue weighted by Crippen LogP contribution is 2.25. The molecular formula is C14H15F3O3. The van der Waals surface area contributed by atoms with Crippen molar-refractivity contribution in [3.05, 3.63) is 42.0 Å². The van der Waals surface area contributed by atoms with Crippen LogP contribution in [0.3, 0.4) is 0 Å². The number of esters is 1. The number of hydrogen-bond acceptors (Lipinski definition) is 3. The molecule has 1 aromatic carbocycles. The Hall–Kier alpha value is -1.82. The molecule has 0 unspecified atom stereocenters. The number of carbonyl (C=O) groups excluding carboxylic acids is 1. The van der Waals surface area contributed by atoms with Gasteiger partial charge in [0, 0.05) is 19.6 Å². The maximum absolute atomic E-state index is 12.6. The van der Waals surface area contributed by atoms with Gasteiger partial charge in [0.2, 0.25) is 0 Å². The van der Waals surface area contributed by atoms with Gasteiger partial charge in [-0.1, -0.05) is 30.3 Å². The molecule has 1 aromatic rings. The number of hydrogen-bond donors (Lipinski definition) is 0. The summed E-state index contributed by atoms with van der Waals surface area (Å²) in [7, 11) is 1.28. The fourth-order valence-electron chi connectivity index (χ4n) is 1.42. The van der Waals surface area contributed by atoms with Crippen molar-refractivity contribution in [1.29, 1.82) is 0 Å². The molecular weight excluding hydrogens is 273 g/mol. The zero-order valence-corrected chi connectivity index (χ0v) is 10.9. The third-order valence-electron chi connectivity index (χ3n) is 2.42. The molecule has 0 saturated heterocycles. The minimum atomic E-state index is -4.60. The van der Waals surface area contributed by atoms with Gasteiger partial charge < -0.3 is 9.47 Å². The maximum atomic E-state index is 12.6. The number of benzene rings is 1. The number of alkyl halides is 3. The van der Waals surface area contributed by atoms with E-state index in [9.17, 15) is 18.0 Å². The predicted octanol–water partition coefficient (Wildman–Crippen LogP) is 3.21. The van der Waals surface area contributed by atoms with Crippen molar-refractivity contribution in [2.24, 2.45) is 0 Å². The van der Waals surface area contributed by atoms with Crippen LogP contribution in [0.4, 0.5) is 13.2 Å². The Bertz CT molecular complexity index is 441. The van der Waals surface area contributed by atoms with Crippen LogP contribution in [0.2, 0.25) is 0 Å². The number of rotatable bonds is 6. The monoisotopic (exact) mass is 288 g/mol. The topological polar surface area (TPSA) is 35.5 Å². The first-order valence-electron chi connectivity index (χ1n) is 5.93. The van der Waals surface area contributed by atoms with Gasteiger partial charge in [-0.3, -0.25) is 0 Å². The van der Waals surface area contributed by atoms with E-state index in [4.69, 9.17) is 0 Å². The molecule has 1 rings (SSSR count). The van der Waals surface area contributed by atoms with E-state index >= 15 is 0 Å². The summed E-state index contributed by atoms with van der Waals surface area (Å²) >= 11 is 0. The van der Waals surface area contributed by atoms with E-state index in [1.54, 1.807) is 30.3 Å². The molecule has 0 amide bonds. The minimum absolute atomic E-state index is 0.139. The second-order valence-electron chi connectivity index (χ2n) is 3.99. The van der Waals surface area contributed by atoms with Gasteiger partial charge >= 0.3 is 12.1 Å². The standard InChI is InChI=1S/C14H15F3O3/c1-19-10-9-12(14(15,16)17)20-13(18)8-7-11-5-3-2-4-6-11/h2-8,12H,9-10H2,1H3/t12-/m1/s1. The molecule has 3 nitrogen and oxygen atoms in total. The minimum Gasteiger partial charge on any atom is -0.449 e. The average Bonchev–Trinajstić information content (AvgIpc) is 2.41. The molecule has 0 N–H and O–H groups in total. The van der Waals surface area contributed by atoms with Gasteiger partial charge in [-0.15, -0.1) is 0 Å². The Labute approximate surface area is 115 Å². The van der Waals surface area contributed by atoms with Crippen LogP contribution in [0.1, 0.15) is 12.0 Å². The number of methoxy groups -OCH3 is 1. The SMILES string of the molecule is COCC[C@@H](OC(=O)C=Cc1ccccc1)C(F)(F)F. The number of carbonyl (C=O) groups is 1. The van der Waals surface area contributed by atoms with Crippen molar-refractivity contribution in [2.45, 2.75) is 18.7 Å². The second-order valence-corrected chi connectivity index (χ2v) is 3.99. The summed E-state index contributed by atoms with van der Waals surface area (Å²) in [5.41, 5.74) is 0.699. The van der Waals surface area contributed by atoms with E-state index in [1.165, 1.54) is 13.2 Å². The van der Waals surface area contributed by atoms with Gasteiger partial charge in [0.05, 0.1) is 6.61 Å². The molecule has 0 aliphatic heterocycles. The van der Waals surface area contributed by atoms with Crippen LogP contribution in [0.15, 0.2) is 36.4 Å². The molecule has 0 fully saturated rings. The van der Waals surface area contributed by atoms with Crippen LogP contribution in [0.5, 0.6) is 0 Å². The van der Waals surface area contributed by atoms with Gasteiger partial charge in [-0.05, 0) is 11.6 Å². The van der Waals surface area contributed by atoms with Crippen molar-refractivity contribution in [1.82, 2.24) is 0 Å². The van der Waals surface area contributed by atoms with Crippen LogP contribution in [-0.2, 0) is 14.3 Å². The van der Waals surface area contributed by atoms with E-state index < -0.39 is 24.7 Å². The Balaban J connectivity index is 2.60. The Kier molecular flexibility index (Phi) is 6.24. The molecule has 0 aliphatic carbocycles. The van der Waals surface area contributed by atoms with Crippen molar-refractivity contribution in [3.8, 4) is 0 Å². The summed E-state index contributed by atoms with van der Waals surface area (Å²) in [5.74, 6) is -1.03. The molecule has 6 heteroatoms. The lowest BCUT2D eigenvalue weighted by atomic mass is 10.2. The van der Waals surface area contributed by atoms with Gasteiger partial charge in [-0.2, -0.15) is 13.2 Å². The van der Waals surface area contributed by atoms with E-state index in [2.05, 4.69) is 9.47 Å². The normalized spacial score (nSPS) is 13.4. The molecule has 110 valence electrons. The Morgan fingerprint density at radius 3 is 2.50 bits per heavy atom. The van der Waals surface area contributed by atoms with E-state index in [0.717, 1.165) is 6.08 Å². The fourth-order valence-corrected chi connectivity index (χ4v) is 1.42. The van der Waals surface area contributed by atoms with Gasteiger partial charge in [0.15, 0.2) is 6.10 Å². The summed E-state index contributed by atoms with van der Waals surface area (Å²) < 4.78 is 46.8. The molecule has 0 radical (unpaired) electrons. The predicted molar refractivity (Wildman–Crippen MR) is 67.9 cm³/mol. The third-order valence-corrected chi connectivity index (χ3v) is 2.42. The van der Waals surface area contributed by atoms with Crippen molar-refractivity contribution in [3.63, 3.8) is 0 Å². The van der Waals surface area contributed by atoms with Crippen LogP contribution >= 0.6 is 0 Å². The molecule has 0 bridgehead atoms. The molecule has 1 atom stereocenters. The van der Waals surface area contributed by atoms with Crippen molar-refractivity contribution < 1.29 is 27.4 Å². The number of halogens is 3. The molecule has 20 heavy (non-hydrogen) atoms. The zero-order chi connectivity index (χ0) is 15.0. The zero-order valence-electron chi connectivity index (χ0n) is 10.9. The summed E-state index contributed by atoms with van der Waals surface area (Å²) in [5, 5.41) is 0. The van der Waals surface area contributed by atoms with E-state index in [1.807, 2.05) is 0 Å². The Morgan fingerprint density at radius 2 is 1.95 bits per heavy atom. The molecule has 0 aromatic heterocycles. The lowest BCUT2D eigenvalue weighted by molar-refractivity contribution is -0.221. The van der Waals surface area contributed by atoms with Crippen LogP contribution < -0.4 is 0 Å². The summed E-state index contributed by atoms with van der Waals surface area (Å²) in [4.78, 5) is 11.4. The van der Waals surface area contributed by atoms with Crippen molar-refractivity contribution >= 4 is 12.0 Å². The molecule has 0 heterocycles. The second kappa shape index (κ2) is 7.69. The molecule has 0 aliphatic rings. The first-order chi connectivity index (χ1) is 9.43. The number of ether oxygens (including phenoxy) is 2. The van der Waals surface area contributed by atoms with Crippen LogP contribution in [-0.4, -0.2) is 32.0 Å². The third kappa shape index (κ3) is 5.88. The highest BCUT2D eigenvalue weighted by molar-refractivity contribution is 5.87. The van der Waals surface area contributed by atoms with Crippen molar-refractivity contribution in [2.75, 3.05) is 13.7 Å². The summed E-state index contributed by atoms with van der Waals surface area (Å²) in [6.07, 6.45) is -4.82. The van der Waals surface area contributed by atoms with E-state index in [0.29, 0.717) is 5.56 Å². The molecule has 0 saturated carbocycles. The van der Waals surface area contributed by atoms with Gasteiger partial charge in [0.25, 0.3) is 0 Å². The summed E-state index contributed by atoms with van der Waals surface area (Å²) in [6.45, 7) is -0.139.